The SMILES string of the molecule is CCOC1CCN(Cc2nnc(N)s2)CC1. The Hall–Kier alpha value is -0.720. The highest BCUT2D eigenvalue weighted by Gasteiger charge is 2.20. The van der Waals surface area contributed by atoms with Gasteiger partial charge in [-0.2, -0.15) is 0 Å². The zero-order chi connectivity index (χ0) is 11.4. The van der Waals surface area contributed by atoms with Crippen molar-refractivity contribution >= 4 is 16.5 Å². The fourth-order valence-electron chi connectivity index (χ4n) is 1.99. The standard InChI is InChI=1S/C10H18N4OS/c1-2-15-8-3-5-14(6-4-8)7-9-12-13-10(11)16-9/h8H,2-7H2,1H3,(H2,11,13). The molecule has 6 heteroatoms. The summed E-state index contributed by atoms with van der Waals surface area (Å²) in [5, 5.41) is 9.42. The van der Waals surface area contributed by atoms with Crippen LogP contribution in [0.5, 0.6) is 0 Å². The third-order valence-corrected chi connectivity index (χ3v) is 3.52. The van der Waals surface area contributed by atoms with E-state index >= 15 is 0 Å². The molecule has 90 valence electrons. The highest BCUT2D eigenvalue weighted by molar-refractivity contribution is 7.15. The van der Waals surface area contributed by atoms with Gasteiger partial charge < -0.3 is 10.5 Å². The summed E-state index contributed by atoms with van der Waals surface area (Å²) in [6, 6.07) is 0. The zero-order valence-electron chi connectivity index (χ0n) is 9.56. The number of piperidine rings is 1. The number of nitrogens with two attached hydrogens (primary N) is 1. The fraction of sp³-hybridized carbons (Fsp3) is 0.800. The number of anilines is 1. The van der Waals surface area contributed by atoms with E-state index in [-0.39, 0.29) is 0 Å². The minimum absolute atomic E-state index is 0.445. The van der Waals surface area contributed by atoms with Crippen LogP contribution in [0.4, 0.5) is 5.13 Å². The second-order valence-corrected chi connectivity index (χ2v) is 5.06. The van der Waals surface area contributed by atoms with Gasteiger partial charge in [0.05, 0.1) is 12.6 Å². The van der Waals surface area contributed by atoms with Gasteiger partial charge in [0.1, 0.15) is 5.01 Å². The average Bonchev–Trinajstić information content (AvgIpc) is 2.67. The van der Waals surface area contributed by atoms with E-state index in [9.17, 15) is 0 Å². The predicted molar refractivity (Wildman–Crippen MR) is 64.2 cm³/mol. The van der Waals surface area contributed by atoms with E-state index in [0.29, 0.717) is 11.2 Å². The van der Waals surface area contributed by atoms with Crippen molar-refractivity contribution in [2.45, 2.75) is 32.4 Å². The Labute approximate surface area is 99.6 Å². The first-order chi connectivity index (χ1) is 7.78. The number of nitrogen functional groups attached to an aromatic ring is 1. The van der Waals surface area contributed by atoms with Crippen LogP contribution in [0, 0.1) is 0 Å². The van der Waals surface area contributed by atoms with Crippen molar-refractivity contribution in [3.05, 3.63) is 5.01 Å². The summed E-state index contributed by atoms with van der Waals surface area (Å²) in [5.41, 5.74) is 5.55. The molecule has 0 unspecified atom stereocenters. The van der Waals surface area contributed by atoms with Crippen LogP contribution in [0.15, 0.2) is 0 Å². The Kier molecular flexibility index (Phi) is 4.09. The lowest BCUT2D eigenvalue weighted by atomic mass is 10.1. The van der Waals surface area contributed by atoms with Crippen LogP contribution >= 0.6 is 11.3 Å². The summed E-state index contributed by atoms with van der Waals surface area (Å²) in [7, 11) is 0. The maximum Gasteiger partial charge on any atom is 0.203 e. The monoisotopic (exact) mass is 242 g/mol. The molecule has 0 aromatic carbocycles. The number of rotatable bonds is 4. The van der Waals surface area contributed by atoms with Crippen molar-refractivity contribution in [1.29, 1.82) is 0 Å². The molecule has 0 radical (unpaired) electrons. The first-order valence-electron chi connectivity index (χ1n) is 5.69. The number of nitrogens with zero attached hydrogens (tertiary/aromatic N) is 3. The van der Waals surface area contributed by atoms with Crippen LogP contribution in [-0.2, 0) is 11.3 Å². The number of ether oxygens (including phenoxy) is 1. The van der Waals surface area contributed by atoms with Crippen molar-refractivity contribution in [1.82, 2.24) is 15.1 Å². The molecule has 2 heterocycles. The Balaban J connectivity index is 1.77. The van der Waals surface area contributed by atoms with E-state index in [1.54, 1.807) is 0 Å². The topological polar surface area (TPSA) is 64.3 Å². The normalized spacial score (nSPS) is 19.1. The molecule has 2 rings (SSSR count). The van der Waals surface area contributed by atoms with Crippen LogP contribution in [0.25, 0.3) is 0 Å². The molecule has 0 spiro atoms. The number of hydrogen-bond donors (Lipinski definition) is 1. The third kappa shape index (κ3) is 3.13. The summed E-state index contributed by atoms with van der Waals surface area (Å²) in [6.07, 6.45) is 2.67. The van der Waals surface area contributed by atoms with E-state index in [1.807, 2.05) is 0 Å². The molecule has 2 N–H and O–H groups in total. The molecule has 1 aliphatic heterocycles. The van der Waals surface area contributed by atoms with E-state index in [2.05, 4.69) is 22.0 Å². The van der Waals surface area contributed by atoms with Gasteiger partial charge in [-0.25, -0.2) is 0 Å². The predicted octanol–water partition coefficient (Wildman–Crippen LogP) is 1.12. The number of likely N-dealkylation sites (tertiary alicyclic amines) is 1. The lowest BCUT2D eigenvalue weighted by molar-refractivity contribution is 0.0125. The second kappa shape index (κ2) is 5.56. The molecule has 0 aliphatic carbocycles. The van der Waals surface area contributed by atoms with Gasteiger partial charge in [0, 0.05) is 19.7 Å². The molecule has 0 amide bonds. The Morgan fingerprint density at radius 3 is 2.75 bits per heavy atom. The van der Waals surface area contributed by atoms with Crippen molar-refractivity contribution in [2.24, 2.45) is 0 Å². The first-order valence-corrected chi connectivity index (χ1v) is 6.51. The average molecular weight is 242 g/mol. The highest BCUT2D eigenvalue weighted by Crippen LogP contribution is 2.18. The molecule has 16 heavy (non-hydrogen) atoms. The van der Waals surface area contributed by atoms with Gasteiger partial charge >= 0.3 is 0 Å². The molecule has 1 aromatic rings. The van der Waals surface area contributed by atoms with E-state index in [1.165, 1.54) is 11.3 Å². The minimum Gasteiger partial charge on any atom is -0.378 e. The molecule has 0 atom stereocenters. The maximum atomic E-state index is 5.61. The quantitative estimate of drug-likeness (QED) is 0.857. The van der Waals surface area contributed by atoms with Gasteiger partial charge in [-0.15, -0.1) is 10.2 Å². The van der Waals surface area contributed by atoms with Gasteiger partial charge in [-0.3, -0.25) is 4.90 Å². The third-order valence-electron chi connectivity index (χ3n) is 2.78. The van der Waals surface area contributed by atoms with Crippen molar-refractivity contribution in [2.75, 3.05) is 25.4 Å². The molecule has 0 saturated carbocycles. The van der Waals surface area contributed by atoms with Crippen LogP contribution < -0.4 is 5.73 Å². The summed E-state index contributed by atoms with van der Waals surface area (Å²) in [5.74, 6) is 0. The Morgan fingerprint density at radius 2 is 2.19 bits per heavy atom. The van der Waals surface area contributed by atoms with Gasteiger partial charge in [0.25, 0.3) is 0 Å². The van der Waals surface area contributed by atoms with Gasteiger partial charge in [0.2, 0.25) is 5.13 Å². The Bertz CT molecular complexity index is 322. The van der Waals surface area contributed by atoms with Gasteiger partial charge in [-0.05, 0) is 19.8 Å². The lowest BCUT2D eigenvalue weighted by Gasteiger charge is -2.30. The fourth-order valence-corrected chi connectivity index (χ4v) is 2.64. The smallest absolute Gasteiger partial charge is 0.203 e. The van der Waals surface area contributed by atoms with Crippen LogP contribution in [0.2, 0.25) is 0 Å². The van der Waals surface area contributed by atoms with E-state index in [0.717, 1.165) is 44.1 Å². The maximum absolute atomic E-state index is 5.61. The van der Waals surface area contributed by atoms with Crippen molar-refractivity contribution < 1.29 is 4.74 Å². The summed E-state index contributed by atoms with van der Waals surface area (Å²) in [6.45, 7) is 5.88. The van der Waals surface area contributed by atoms with Gasteiger partial charge in [0.15, 0.2) is 0 Å². The van der Waals surface area contributed by atoms with E-state index in [4.69, 9.17) is 10.5 Å². The van der Waals surface area contributed by atoms with Crippen molar-refractivity contribution in [3.8, 4) is 0 Å². The van der Waals surface area contributed by atoms with Gasteiger partial charge in [-0.1, -0.05) is 11.3 Å². The largest absolute Gasteiger partial charge is 0.378 e. The second-order valence-electron chi connectivity index (χ2n) is 3.96. The van der Waals surface area contributed by atoms with E-state index < -0.39 is 0 Å². The molecule has 1 fully saturated rings. The minimum atomic E-state index is 0.445. The van der Waals surface area contributed by atoms with Crippen LogP contribution in [0.1, 0.15) is 24.8 Å². The molecular weight excluding hydrogens is 224 g/mol. The first kappa shape index (κ1) is 11.8. The van der Waals surface area contributed by atoms with Crippen LogP contribution in [0.3, 0.4) is 0 Å². The van der Waals surface area contributed by atoms with Crippen LogP contribution in [-0.4, -0.2) is 40.9 Å². The molecule has 1 aliphatic rings. The molecular formula is C10H18N4OS. The highest BCUT2D eigenvalue weighted by atomic mass is 32.1. The Morgan fingerprint density at radius 1 is 1.44 bits per heavy atom. The summed E-state index contributed by atoms with van der Waals surface area (Å²) < 4.78 is 5.61. The van der Waals surface area contributed by atoms with Crippen molar-refractivity contribution in [3.63, 3.8) is 0 Å². The molecule has 0 bridgehead atoms. The number of aromatic nitrogens is 2. The summed E-state index contributed by atoms with van der Waals surface area (Å²) in [4.78, 5) is 2.38. The summed E-state index contributed by atoms with van der Waals surface area (Å²) >= 11 is 1.48. The molecule has 5 nitrogen and oxygen atoms in total. The number of hydrogen-bond acceptors (Lipinski definition) is 6. The molecule has 1 saturated heterocycles. The zero-order valence-corrected chi connectivity index (χ0v) is 10.4. The molecule has 1 aromatic heterocycles. The lowest BCUT2D eigenvalue weighted by Crippen LogP contribution is -2.36.